The van der Waals surface area contributed by atoms with Crippen molar-refractivity contribution in [1.29, 1.82) is 5.26 Å². The van der Waals surface area contributed by atoms with E-state index in [9.17, 15) is 22.4 Å². The summed E-state index contributed by atoms with van der Waals surface area (Å²) in [6.45, 7) is 4.89. The molecule has 10 heteroatoms. The molecule has 3 rings (SSSR count). The highest BCUT2D eigenvalue weighted by Gasteiger charge is 2.52. The Bertz CT molecular complexity index is 1170. The maximum absolute atomic E-state index is 15.0. The van der Waals surface area contributed by atoms with Gasteiger partial charge in [0.05, 0.1) is 17.3 Å². The van der Waals surface area contributed by atoms with Crippen molar-refractivity contribution in [3.8, 4) is 6.07 Å². The Hall–Kier alpha value is -3.06. The molecule has 4 nitrogen and oxygen atoms in total. The van der Waals surface area contributed by atoms with Crippen molar-refractivity contribution >= 4 is 34.6 Å². The molecule has 2 aromatic carbocycles. The molecule has 1 amide bonds. The molecule has 0 atom stereocenters. The van der Waals surface area contributed by atoms with Crippen LogP contribution in [0.15, 0.2) is 30.3 Å². The van der Waals surface area contributed by atoms with Gasteiger partial charge in [0.2, 0.25) is 0 Å². The molecular weight excluding hydrogens is 461 g/mol. The van der Waals surface area contributed by atoms with Crippen LogP contribution in [0, 0.1) is 23.0 Å². The predicted molar refractivity (Wildman–Crippen MR) is 118 cm³/mol. The van der Waals surface area contributed by atoms with E-state index in [2.05, 4.69) is 0 Å². The number of unbranched alkanes of at least 4 members (excludes halogenated alkanes) is 1. The molecule has 2 aromatic rings. The van der Waals surface area contributed by atoms with Gasteiger partial charge in [0.1, 0.15) is 16.9 Å². The quantitative estimate of drug-likeness (QED) is 0.382. The number of benzene rings is 2. The number of rotatable bonds is 5. The zero-order valence-corrected chi connectivity index (χ0v) is 18.9. The third-order valence-corrected chi connectivity index (χ3v) is 5.89. The fourth-order valence-corrected chi connectivity index (χ4v) is 4.31. The molecule has 1 heterocycles. The molecule has 0 radical (unpaired) electrons. The number of carbonyl (C=O) groups excluding carboxylic acids is 1. The first-order valence-electron chi connectivity index (χ1n) is 10.1. The van der Waals surface area contributed by atoms with Crippen molar-refractivity contribution < 1.29 is 26.7 Å². The second-order valence-electron chi connectivity index (χ2n) is 8.13. The number of amides is 1. The van der Waals surface area contributed by atoms with Gasteiger partial charge >= 0.3 is 6.18 Å². The summed E-state index contributed by atoms with van der Waals surface area (Å²) in [5.41, 5.74) is -4.16. The van der Waals surface area contributed by atoms with Crippen molar-refractivity contribution in [2.45, 2.75) is 51.7 Å². The van der Waals surface area contributed by atoms with Crippen molar-refractivity contribution in [2.75, 3.05) is 9.80 Å². The fourth-order valence-electron chi connectivity index (χ4n) is 3.79. The smallest absolute Gasteiger partial charge is 0.303 e. The Morgan fingerprint density at radius 3 is 2.36 bits per heavy atom. The van der Waals surface area contributed by atoms with Crippen molar-refractivity contribution in [2.24, 2.45) is 0 Å². The summed E-state index contributed by atoms with van der Waals surface area (Å²) in [6.07, 6.45) is -2.97. The standard InChI is InChI=1S/C23H20F5N3OS/c1-4-5-6-13-7-9-15(11-16(13)24)31-21(33)30(20(32)22(31,2)3)17-10-8-14(12-29)18(19(17)25)23(26,27)28/h7-11H,4-6H2,1-3H3. The van der Waals surface area contributed by atoms with Gasteiger partial charge in [-0.05, 0) is 68.7 Å². The third-order valence-electron chi connectivity index (χ3n) is 5.53. The van der Waals surface area contributed by atoms with Crippen LogP contribution < -0.4 is 9.80 Å². The van der Waals surface area contributed by atoms with E-state index < -0.39 is 46.1 Å². The highest BCUT2D eigenvalue weighted by atomic mass is 32.1. The van der Waals surface area contributed by atoms with Crippen LogP contribution in [0.4, 0.5) is 33.3 Å². The summed E-state index contributed by atoms with van der Waals surface area (Å²) in [6, 6.07) is 7.33. The van der Waals surface area contributed by atoms with Crippen LogP contribution in [0.2, 0.25) is 0 Å². The molecule has 0 bridgehead atoms. The van der Waals surface area contributed by atoms with E-state index >= 15 is 4.39 Å². The number of aryl methyl sites for hydroxylation is 1. The molecular formula is C23H20F5N3OS. The Kier molecular flexibility index (Phi) is 6.48. The van der Waals surface area contributed by atoms with Crippen molar-refractivity contribution in [3.05, 3.63) is 58.7 Å². The number of hydrogen-bond donors (Lipinski definition) is 0. The second-order valence-corrected chi connectivity index (χ2v) is 8.49. The van der Waals surface area contributed by atoms with Gasteiger partial charge in [0, 0.05) is 5.69 Å². The van der Waals surface area contributed by atoms with Crippen LogP contribution in [0.5, 0.6) is 0 Å². The zero-order chi connectivity index (χ0) is 24.7. The Morgan fingerprint density at radius 2 is 1.82 bits per heavy atom. The maximum Gasteiger partial charge on any atom is 0.420 e. The van der Waals surface area contributed by atoms with Crippen molar-refractivity contribution in [3.63, 3.8) is 0 Å². The number of thiocarbonyl (C=S) groups is 1. The van der Waals surface area contributed by atoms with Gasteiger partial charge in [0.25, 0.3) is 5.91 Å². The average Bonchev–Trinajstić information content (AvgIpc) is 2.90. The summed E-state index contributed by atoms with van der Waals surface area (Å²) >= 11 is 5.35. The fraction of sp³-hybridized carbons (Fsp3) is 0.348. The molecule has 174 valence electrons. The minimum atomic E-state index is -5.16. The Balaban J connectivity index is 2.10. The molecule has 0 unspecified atom stereocenters. The van der Waals surface area contributed by atoms with Crippen LogP contribution in [0.25, 0.3) is 0 Å². The number of hydrogen-bond acceptors (Lipinski definition) is 3. The summed E-state index contributed by atoms with van der Waals surface area (Å²) < 4.78 is 70.0. The summed E-state index contributed by atoms with van der Waals surface area (Å²) in [4.78, 5) is 15.1. The van der Waals surface area contributed by atoms with Crippen LogP contribution >= 0.6 is 12.2 Å². The molecule has 33 heavy (non-hydrogen) atoms. The monoisotopic (exact) mass is 481 g/mol. The van der Waals surface area contributed by atoms with Gasteiger partial charge in [-0.3, -0.25) is 9.69 Å². The molecule has 1 fully saturated rings. The van der Waals surface area contributed by atoms with Crippen LogP contribution in [-0.2, 0) is 17.4 Å². The topological polar surface area (TPSA) is 47.3 Å². The summed E-state index contributed by atoms with van der Waals surface area (Å²) in [5.74, 6) is -3.08. The van der Waals surface area contributed by atoms with Gasteiger partial charge < -0.3 is 4.90 Å². The highest BCUT2D eigenvalue weighted by Crippen LogP contribution is 2.42. The number of carbonyl (C=O) groups is 1. The molecule has 0 N–H and O–H groups in total. The first kappa shape index (κ1) is 24.6. The first-order chi connectivity index (χ1) is 15.4. The largest absolute Gasteiger partial charge is 0.420 e. The number of anilines is 2. The minimum absolute atomic E-state index is 0.212. The molecule has 0 aromatic heterocycles. The molecule has 0 aliphatic carbocycles. The predicted octanol–water partition coefficient (Wildman–Crippen LogP) is 6.11. The number of halogens is 5. The normalized spacial score (nSPS) is 15.8. The molecule has 1 saturated heterocycles. The maximum atomic E-state index is 15.0. The van der Waals surface area contributed by atoms with Gasteiger partial charge in [-0.25, -0.2) is 8.78 Å². The van der Waals surface area contributed by atoms with Gasteiger partial charge in [0.15, 0.2) is 10.9 Å². The number of alkyl halides is 3. The Morgan fingerprint density at radius 1 is 1.15 bits per heavy atom. The SMILES string of the molecule is CCCCc1ccc(N2C(=S)N(c3ccc(C#N)c(C(F)(F)F)c3F)C(=O)C2(C)C)cc1F. The van der Waals surface area contributed by atoms with E-state index in [0.717, 1.165) is 25.0 Å². The number of nitriles is 1. The lowest BCUT2D eigenvalue weighted by Gasteiger charge is -2.29. The Labute approximate surface area is 193 Å². The minimum Gasteiger partial charge on any atom is -0.303 e. The van der Waals surface area contributed by atoms with Gasteiger partial charge in [-0.1, -0.05) is 19.4 Å². The van der Waals surface area contributed by atoms with E-state index in [0.29, 0.717) is 16.9 Å². The molecule has 1 aliphatic heterocycles. The van der Waals surface area contributed by atoms with Crippen LogP contribution in [-0.4, -0.2) is 16.6 Å². The van der Waals surface area contributed by atoms with Crippen molar-refractivity contribution in [1.82, 2.24) is 0 Å². The summed E-state index contributed by atoms with van der Waals surface area (Å²) in [7, 11) is 0. The molecule has 0 spiro atoms. The third kappa shape index (κ3) is 4.17. The highest BCUT2D eigenvalue weighted by molar-refractivity contribution is 7.81. The second kappa shape index (κ2) is 8.71. The van der Waals surface area contributed by atoms with Crippen LogP contribution in [0.3, 0.4) is 0 Å². The van der Waals surface area contributed by atoms with Gasteiger partial charge in [-0.15, -0.1) is 0 Å². The van der Waals surface area contributed by atoms with E-state index in [1.54, 1.807) is 12.1 Å². The van der Waals surface area contributed by atoms with E-state index in [1.165, 1.54) is 30.9 Å². The lowest BCUT2D eigenvalue weighted by molar-refractivity contribution is -0.140. The average molecular weight is 481 g/mol. The van der Waals surface area contributed by atoms with Gasteiger partial charge in [-0.2, -0.15) is 18.4 Å². The molecule has 1 aliphatic rings. The lowest BCUT2D eigenvalue weighted by atomic mass is 10.0. The number of nitrogens with zero attached hydrogens (tertiary/aromatic N) is 3. The van der Waals surface area contributed by atoms with E-state index in [1.807, 2.05) is 6.92 Å². The zero-order valence-electron chi connectivity index (χ0n) is 18.1. The molecule has 0 saturated carbocycles. The van der Waals surface area contributed by atoms with E-state index in [4.69, 9.17) is 17.5 Å². The summed E-state index contributed by atoms with van der Waals surface area (Å²) in [5, 5.41) is 8.67. The van der Waals surface area contributed by atoms with Crippen LogP contribution in [0.1, 0.15) is 50.3 Å². The van der Waals surface area contributed by atoms with E-state index in [-0.39, 0.29) is 10.8 Å². The lowest BCUT2D eigenvalue weighted by Crippen LogP contribution is -2.44. The first-order valence-corrected chi connectivity index (χ1v) is 10.5.